The first kappa shape index (κ1) is 41.7. The summed E-state index contributed by atoms with van der Waals surface area (Å²) in [7, 11) is -15.2. The Morgan fingerprint density at radius 3 is 1.74 bits per heavy atom. The van der Waals surface area contributed by atoms with Crippen molar-refractivity contribution in [1.29, 1.82) is 0 Å². The normalized spacial score (nSPS) is 12.5. The fourth-order valence-corrected chi connectivity index (χ4v) is 9.26. The summed E-state index contributed by atoms with van der Waals surface area (Å²) in [5.41, 5.74) is 4.15. The van der Waals surface area contributed by atoms with Crippen LogP contribution in [0.2, 0.25) is 0 Å². The first-order chi connectivity index (χ1) is 27.1. The summed E-state index contributed by atoms with van der Waals surface area (Å²) >= 11 is 0. The van der Waals surface area contributed by atoms with Gasteiger partial charge in [0.25, 0.3) is 30.4 Å². The van der Waals surface area contributed by atoms with Crippen LogP contribution in [0.3, 0.4) is 0 Å². The molecular formula is C39H36N4O12S3. The smallest absolute Gasteiger partial charge is 0.296 e. The SMILES string of the molecule is Cc1cc(C)c(NC=O)c(C)c1/N=c1/cc2oc3cc(Nc4c(C)cc(C)c(NC=O)c4C)c(S(=O)(=O)O)cc3c(-c3ccccc3S(=O)(=O)O)c-2cc1S(=O)(=O)O. The van der Waals surface area contributed by atoms with Crippen molar-refractivity contribution in [2.24, 2.45) is 4.99 Å². The third kappa shape index (κ3) is 7.70. The van der Waals surface area contributed by atoms with Crippen molar-refractivity contribution < 1.29 is 52.9 Å². The first-order valence-electron chi connectivity index (χ1n) is 17.1. The van der Waals surface area contributed by atoms with E-state index < -0.39 is 45.0 Å². The van der Waals surface area contributed by atoms with E-state index in [0.29, 0.717) is 63.3 Å². The molecule has 0 atom stereocenters. The molecule has 58 heavy (non-hydrogen) atoms. The van der Waals surface area contributed by atoms with Crippen LogP contribution >= 0.6 is 0 Å². The molecule has 4 aromatic carbocycles. The molecule has 0 aromatic heterocycles. The molecule has 0 saturated heterocycles. The van der Waals surface area contributed by atoms with Crippen molar-refractivity contribution >= 4 is 82.6 Å². The van der Waals surface area contributed by atoms with E-state index in [4.69, 9.17) is 4.42 Å². The van der Waals surface area contributed by atoms with Crippen LogP contribution in [0.25, 0.3) is 33.4 Å². The molecule has 1 aliphatic carbocycles. The molecular weight excluding hydrogens is 813 g/mol. The van der Waals surface area contributed by atoms with Crippen molar-refractivity contribution in [2.75, 3.05) is 16.0 Å². The average molecular weight is 849 g/mol. The van der Waals surface area contributed by atoms with E-state index in [0.717, 1.165) is 18.2 Å². The minimum atomic E-state index is -5.13. The molecule has 0 unspecified atom stereocenters. The molecule has 0 radical (unpaired) electrons. The van der Waals surface area contributed by atoms with E-state index in [2.05, 4.69) is 20.9 Å². The van der Waals surface area contributed by atoms with Crippen molar-refractivity contribution in [3.05, 3.63) is 99.4 Å². The summed E-state index contributed by atoms with van der Waals surface area (Å²) < 4.78 is 116. The summed E-state index contributed by atoms with van der Waals surface area (Å²) in [5.74, 6) is -0.141. The molecule has 6 N–H and O–H groups in total. The highest BCUT2D eigenvalue weighted by Crippen LogP contribution is 2.46. The van der Waals surface area contributed by atoms with Crippen LogP contribution in [0.1, 0.15) is 33.4 Å². The van der Waals surface area contributed by atoms with Gasteiger partial charge in [-0.05, 0) is 93.1 Å². The Kier molecular flexibility index (Phi) is 10.8. The molecule has 16 nitrogen and oxygen atoms in total. The zero-order valence-electron chi connectivity index (χ0n) is 31.6. The number of rotatable bonds is 11. The standard InChI is InChI=1S/C39H36N4O12S3/c1-19-11-21(3)38(23(5)36(19)40-17-44)42-28-15-30-26(13-33(28)57(49,50)51)35(25-9-7-8-10-32(25)56(46,47)48)27-14-34(58(52,53)54)29(16-31(27)55-30)43-39-22(4)12-20(2)37(24(39)6)41-18-45/h7-18,42H,1-6H3,(H,40,44)(H,41,45)(H,46,47,48)(H,49,50,51)(H,52,53,54)/b43-29-. The number of hydrogen-bond acceptors (Lipinski definition) is 11. The summed E-state index contributed by atoms with van der Waals surface area (Å²) in [6, 6.07) is 12.9. The zero-order valence-corrected chi connectivity index (χ0v) is 34.1. The quantitative estimate of drug-likeness (QED) is 0.0441. The maximum absolute atomic E-state index is 13.1. The Hall–Kier alpha value is -5.96. The summed E-state index contributed by atoms with van der Waals surface area (Å²) in [6.45, 7) is 10.3. The summed E-state index contributed by atoms with van der Waals surface area (Å²) in [5, 5.41) is 7.78. The molecule has 0 fully saturated rings. The molecule has 0 spiro atoms. The van der Waals surface area contributed by atoms with E-state index in [1.807, 2.05) is 0 Å². The maximum atomic E-state index is 13.1. The number of carbonyl (C=O) groups is 2. The van der Waals surface area contributed by atoms with Crippen LogP contribution < -0.4 is 21.3 Å². The number of fused-ring (bicyclic) bond motifs is 2. The van der Waals surface area contributed by atoms with Gasteiger partial charge in [0.05, 0.1) is 16.7 Å². The molecule has 302 valence electrons. The predicted molar refractivity (Wildman–Crippen MR) is 217 cm³/mol. The van der Waals surface area contributed by atoms with Gasteiger partial charge in [-0.25, -0.2) is 4.99 Å². The van der Waals surface area contributed by atoms with E-state index in [1.165, 1.54) is 30.3 Å². The lowest BCUT2D eigenvalue weighted by atomic mass is 9.93. The Morgan fingerprint density at radius 1 is 0.603 bits per heavy atom. The van der Waals surface area contributed by atoms with Crippen molar-refractivity contribution in [3.63, 3.8) is 0 Å². The van der Waals surface area contributed by atoms with Crippen LogP contribution in [0, 0.1) is 41.5 Å². The van der Waals surface area contributed by atoms with Gasteiger partial charge in [-0.1, -0.05) is 30.3 Å². The van der Waals surface area contributed by atoms with Gasteiger partial charge in [-0.3, -0.25) is 23.2 Å². The topological polar surface area (TPSA) is 259 Å². The zero-order chi connectivity index (χ0) is 42.6. The molecule has 6 rings (SSSR count). The number of carbonyl (C=O) groups excluding carboxylic acids is 2. The molecule has 19 heteroatoms. The fraction of sp³-hybridized carbons (Fsp3) is 0.154. The van der Waals surface area contributed by atoms with Crippen molar-refractivity contribution in [2.45, 2.75) is 56.2 Å². The van der Waals surface area contributed by atoms with Gasteiger partial charge in [-0.15, -0.1) is 0 Å². The van der Waals surface area contributed by atoms with Crippen LogP contribution in [-0.4, -0.2) is 51.7 Å². The highest BCUT2D eigenvalue weighted by Gasteiger charge is 2.29. The van der Waals surface area contributed by atoms with Crippen LogP contribution in [0.4, 0.5) is 28.4 Å². The second-order valence-electron chi connectivity index (χ2n) is 13.6. The molecule has 0 bridgehead atoms. The number of nitrogens with zero attached hydrogens (tertiary/aromatic N) is 1. The van der Waals surface area contributed by atoms with Crippen molar-refractivity contribution in [3.8, 4) is 22.5 Å². The van der Waals surface area contributed by atoms with E-state index in [9.17, 15) is 48.5 Å². The second kappa shape index (κ2) is 15.1. The van der Waals surface area contributed by atoms with E-state index >= 15 is 0 Å². The minimum absolute atomic E-state index is 0.123. The number of aryl methyl sites for hydroxylation is 4. The van der Waals surface area contributed by atoms with Gasteiger partial charge in [0.2, 0.25) is 12.8 Å². The van der Waals surface area contributed by atoms with Crippen LogP contribution in [0.5, 0.6) is 0 Å². The Labute approximate surface area is 333 Å². The lowest BCUT2D eigenvalue weighted by molar-refractivity contribution is -0.106. The van der Waals surface area contributed by atoms with Crippen LogP contribution in [-0.2, 0) is 39.9 Å². The van der Waals surface area contributed by atoms with Gasteiger partial charge in [-0.2, -0.15) is 25.3 Å². The Morgan fingerprint density at radius 2 is 1.16 bits per heavy atom. The monoisotopic (exact) mass is 848 g/mol. The van der Waals surface area contributed by atoms with Gasteiger partial charge >= 0.3 is 0 Å². The number of hydrogen-bond donors (Lipinski definition) is 6. The molecule has 1 aliphatic heterocycles. The number of amides is 2. The largest absolute Gasteiger partial charge is 0.456 e. The Bertz CT molecular complexity index is 3120. The van der Waals surface area contributed by atoms with Gasteiger partial charge in [0.1, 0.15) is 26.0 Å². The van der Waals surface area contributed by atoms with Crippen molar-refractivity contribution in [1.82, 2.24) is 0 Å². The number of anilines is 4. The summed E-state index contributed by atoms with van der Waals surface area (Å²) in [6.07, 6.45) is 0.962. The fourth-order valence-electron chi connectivity index (χ4n) is 7.27. The first-order valence-corrected chi connectivity index (χ1v) is 21.4. The molecule has 2 amide bonds. The highest BCUT2D eigenvalue weighted by atomic mass is 32.2. The number of benzene rings is 5. The Balaban J connectivity index is 1.81. The lowest BCUT2D eigenvalue weighted by Crippen LogP contribution is -2.16. The van der Waals surface area contributed by atoms with Gasteiger partial charge in [0, 0.05) is 51.3 Å². The highest BCUT2D eigenvalue weighted by molar-refractivity contribution is 7.86. The van der Waals surface area contributed by atoms with E-state index in [1.54, 1.807) is 53.7 Å². The van der Waals surface area contributed by atoms with Crippen LogP contribution in [0.15, 0.2) is 84.8 Å². The summed E-state index contributed by atoms with van der Waals surface area (Å²) in [4.78, 5) is 25.3. The van der Waals surface area contributed by atoms with Gasteiger partial charge < -0.3 is 20.4 Å². The third-order valence-corrected chi connectivity index (χ3v) is 12.4. The lowest BCUT2D eigenvalue weighted by Gasteiger charge is -2.21. The molecule has 1 heterocycles. The van der Waals surface area contributed by atoms with Gasteiger partial charge in [0.15, 0.2) is 0 Å². The second-order valence-corrected chi connectivity index (χ2v) is 17.7. The van der Waals surface area contributed by atoms with E-state index in [-0.39, 0.29) is 50.2 Å². The maximum Gasteiger partial charge on any atom is 0.296 e. The molecule has 2 aliphatic rings. The minimum Gasteiger partial charge on any atom is -0.456 e. The molecule has 4 aromatic rings. The average Bonchev–Trinajstić information content (AvgIpc) is 3.12. The number of nitrogens with one attached hydrogen (secondary N) is 3. The molecule has 0 saturated carbocycles. The predicted octanol–water partition coefficient (Wildman–Crippen LogP) is 6.91. The third-order valence-electron chi connectivity index (χ3n) is 9.69.